The van der Waals surface area contributed by atoms with E-state index in [0.29, 0.717) is 5.56 Å². The zero-order chi connectivity index (χ0) is 17.9. The van der Waals surface area contributed by atoms with E-state index in [4.69, 9.17) is 9.84 Å². The minimum Gasteiger partial charge on any atom is -0.506 e. The van der Waals surface area contributed by atoms with Crippen LogP contribution in [0.25, 0.3) is 5.76 Å². The number of aliphatic hydroxyl groups excluding tert-OH is 1. The van der Waals surface area contributed by atoms with Crippen molar-refractivity contribution < 1.29 is 29.3 Å². The van der Waals surface area contributed by atoms with Crippen LogP contribution in [0.2, 0.25) is 0 Å². The van der Waals surface area contributed by atoms with Crippen molar-refractivity contribution in [1.29, 1.82) is 0 Å². The van der Waals surface area contributed by atoms with E-state index >= 15 is 0 Å². The molecule has 0 heterocycles. The van der Waals surface area contributed by atoms with Crippen molar-refractivity contribution in [3.05, 3.63) is 41.5 Å². The molecular weight excluding hydrogens is 316 g/mol. The first kappa shape index (κ1) is 18.9. The summed E-state index contributed by atoms with van der Waals surface area (Å²) in [6.07, 6.45) is 1.03. The minimum atomic E-state index is -1.18. The zero-order valence-corrected chi connectivity index (χ0v) is 13.1. The summed E-state index contributed by atoms with van der Waals surface area (Å²) >= 11 is 0. The fraction of sp³-hybridized carbons (Fsp3) is 0.250. The molecule has 0 saturated carbocycles. The molecule has 8 nitrogen and oxygen atoms in total. The summed E-state index contributed by atoms with van der Waals surface area (Å²) in [6, 6.07) is 8.32. The smallest absolute Gasteiger partial charge is 0.343 e. The highest BCUT2D eigenvalue weighted by Gasteiger charge is 2.16. The number of nitrogens with zero attached hydrogens (tertiary/aromatic N) is 1. The Balaban J connectivity index is 2.91. The van der Waals surface area contributed by atoms with Gasteiger partial charge in [0.25, 0.3) is 0 Å². The van der Waals surface area contributed by atoms with Crippen LogP contribution in [0.1, 0.15) is 12.5 Å². The fourth-order valence-electron chi connectivity index (χ4n) is 1.62. The van der Waals surface area contributed by atoms with Crippen molar-refractivity contribution in [2.75, 3.05) is 19.7 Å². The molecule has 3 N–H and O–H groups in total. The summed E-state index contributed by atoms with van der Waals surface area (Å²) in [7, 11) is 0. The molecule has 0 radical (unpaired) electrons. The fourth-order valence-corrected chi connectivity index (χ4v) is 1.62. The number of rotatable bonds is 8. The number of carboxylic acid groups (broad SMARTS) is 1. The zero-order valence-electron chi connectivity index (χ0n) is 13.1. The van der Waals surface area contributed by atoms with Gasteiger partial charge in [-0.25, -0.2) is 4.79 Å². The third-order valence-corrected chi connectivity index (χ3v) is 2.69. The molecule has 0 saturated heterocycles. The van der Waals surface area contributed by atoms with Crippen molar-refractivity contribution >= 4 is 29.8 Å². The standard InChI is InChI=1S/C16H18N2O6/c1-2-24-16(23)12(15(22)11-6-4-3-5-7-11)8-17-9-13(19)18-10-14(20)21/h3-8,22H,2,9-10H2,1H3,(H,18,19)(H,20,21)/b15-12+,17-8?. The molecule has 0 atom stereocenters. The SMILES string of the molecule is CCOC(=O)/C(C=NCC(=O)NCC(=O)O)=C(/O)c1ccccc1. The molecule has 1 amide bonds. The van der Waals surface area contributed by atoms with Crippen molar-refractivity contribution in [1.82, 2.24) is 5.32 Å². The highest BCUT2D eigenvalue weighted by atomic mass is 16.5. The molecule has 0 unspecified atom stereocenters. The number of amides is 1. The molecule has 0 aliphatic rings. The largest absolute Gasteiger partial charge is 0.506 e. The molecule has 24 heavy (non-hydrogen) atoms. The molecule has 1 aromatic carbocycles. The average Bonchev–Trinajstić information content (AvgIpc) is 2.57. The number of nitrogens with one attached hydrogen (secondary N) is 1. The number of carbonyl (C=O) groups is 3. The minimum absolute atomic E-state index is 0.108. The van der Waals surface area contributed by atoms with Crippen molar-refractivity contribution in [2.45, 2.75) is 6.92 Å². The van der Waals surface area contributed by atoms with Gasteiger partial charge in [-0.05, 0) is 6.92 Å². The Bertz CT molecular complexity index is 652. The van der Waals surface area contributed by atoms with Crippen molar-refractivity contribution in [3.8, 4) is 0 Å². The van der Waals surface area contributed by atoms with Gasteiger partial charge in [0.15, 0.2) is 0 Å². The topological polar surface area (TPSA) is 125 Å². The van der Waals surface area contributed by atoms with Gasteiger partial charge in [-0.2, -0.15) is 0 Å². The van der Waals surface area contributed by atoms with E-state index in [1.165, 1.54) is 0 Å². The van der Waals surface area contributed by atoms with Crippen LogP contribution in [0.4, 0.5) is 0 Å². The summed E-state index contributed by atoms with van der Waals surface area (Å²) in [5, 5.41) is 20.8. The number of hydrogen-bond acceptors (Lipinski definition) is 6. The van der Waals surface area contributed by atoms with Crippen LogP contribution in [-0.4, -0.2) is 54.0 Å². The van der Waals surface area contributed by atoms with E-state index < -0.39 is 30.9 Å². The number of esters is 1. The first-order valence-corrected chi connectivity index (χ1v) is 7.09. The van der Waals surface area contributed by atoms with Crippen LogP contribution in [0.15, 0.2) is 40.9 Å². The second kappa shape index (κ2) is 9.78. The van der Waals surface area contributed by atoms with Gasteiger partial charge in [0, 0.05) is 11.8 Å². The summed E-state index contributed by atoms with van der Waals surface area (Å²) in [6.45, 7) is 0.811. The summed E-state index contributed by atoms with van der Waals surface area (Å²) in [5.41, 5.74) is 0.191. The maximum absolute atomic E-state index is 11.9. The number of aliphatic hydroxyl groups is 1. The maximum Gasteiger partial charge on any atom is 0.343 e. The Morgan fingerprint density at radius 1 is 1.21 bits per heavy atom. The number of carboxylic acids is 1. The second-order valence-corrected chi connectivity index (χ2v) is 4.49. The van der Waals surface area contributed by atoms with E-state index in [1.54, 1.807) is 37.3 Å². The van der Waals surface area contributed by atoms with Crippen LogP contribution >= 0.6 is 0 Å². The van der Waals surface area contributed by atoms with Gasteiger partial charge in [-0.3, -0.25) is 14.6 Å². The molecule has 0 spiro atoms. The normalized spacial score (nSPS) is 11.7. The molecule has 0 aliphatic heterocycles. The van der Waals surface area contributed by atoms with Crippen LogP contribution in [0.5, 0.6) is 0 Å². The number of aliphatic imine (C=N–C) groups is 1. The lowest BCUT2D eigenvalue weighted by molar-refractivity contribution is -0.138. The first-order valence-electron chi connectivity index (χ1n) is 7.09. The Morgan fingerprint density at radius 3 is 2.46 bits per heavy atom. The number of aliphatic carboxylic acids is 1. The van der Waals surface area contributed by atoms with Gasteiger partial charge >= 0.3 is 11.9 Å². The molecule has 0 aromatic heterocycles. The van der Waals surface area contributed by atoms with E-state index in [9.17, 15) is 19.5 Å². The number of hydrogen-bond donors (Lipinski definition) is 3. The summed E-state index contributed by atoms with van der Waals surface area (Å²) in [5.74, 6) is -2.92. The quantitative estimate of drug-likeness (QED) is 0.279. The third kappa shape index (κ3) is 6.30. The summed E-state index contributed by atoms with van der Waals surface area (Å²) in [4.78, 5) is 37.4. The maximum atomic E-state index is 11.9. The monoisotopic (exact) mass is 334 g/mol. The lowest BCUT2D eigenvalue weighted by Crippen LogP contribution is -2.31. The third-order valence-electron chi connectivity index (χ3n) is 2.69. The number of carbonyl (C=O) groups excluding carboxylic acids is 2. The Hall–Kier alpha value is -3.16. The van der Waals surface area contributed by atoms with Gasteiger partial charge in [-0.15, -0.1) is 0 Å². The lowest BCUT2D eigenvalue weighted by Gasteiger charge is -2.06. The first-order chi connectivity index (χ1) is 11.5. The Kier molecular flexibility index (Phi) is 7.69. The molecule has 128 valence electrons. The predicted molar refractivity (Wildman–Crippen MR) is 86.6 cm³/mol. The van der Waals surface area contributed by atoms with E-state index in [1.807, 2.05) is 0 Å². The van der Waals surface area contributed by atoms with E-state index in [2.05, 4.69) is 10.3 Å². The van der Waals surface area contributed by atoms with Crippen LogP contribution in [-0.2, 0) is 19.1 Å². The van der Waals surface area contributed by atoms with Gasteiger partial charge in [0.05, 0.1) is 6.61 Å². The van der Waals surface area contributed by atoms with Crippen LogP contribution in [0.3, 0.4) is 0 Å². The van der Waals surface area contributed by atoms with Crippen molar-refractivity contribution in [2.24, 2.45) is 4.99 Å². The molecule has 0 bridgehead atoms. The predicted octanol–water partition coefficient (Wildman–Crippen LogP) is 0.790. The Morgan fingerprint density at radius 2 is 1.88 bits per heavy atom. The average molecular weight is 334 g/mol. The van der Waals surface area contributed by atoms with Crippen LogP contribution in [0, 0.1) is 0 Å². The molecular formula is C16H18N2O6. The molecule has 0 fully saturated rings. The lowest BCUT2D eigenvalue weighted by atomic mass is 10.1. The van der Waals surface area contributed by atoms with Crippen molar-refractivity contribution in [3.63, 3.8) is 0 Å². The van der Waals surface area contributed by atoms with Gasteiger partial charge in [-0.1, -0.05) is 30.3 Å². The summed E-state index contributed by atoms with van der Waals surface area (Å²) < 4.78 is 4.86. The number of ether oxygens (including phenoxy) is 1. The van der Waals surface area contributed by atoms with Gasteiger partial charge in [0.1, 0.15) is 24.4 Å². The van der Waals surface area contributed by atoms with Gasteiger partial charge < -0.3 is 20.3 Å². The molecule has 1 aromatic rings. The van der Waals surface area contributed by atoms with Crippen LogP contribution < -0.4 is 5.32 Å². The molecule has 0 aliphatic carbocycles. The highest BCUT2D eigenvalue weighted by Crippen LogP contribution is 2.15. The van der Waals surface area contributed by atoms with E-state index in [0.717, 1.165) is 6.21 Å². The number of benzene rings is 1. The van der Waals surface area contributed by atoms with E-state index in [-0.39, 0.29) is 17.9 Å². The molecule has 8 heteroatoms. The Labute approximate surface area is 138 Å². The molecule has 1 rings (SSSR count). The highest BCUT2D eigenvalue weighted by molar-refractivity contribution is 6.15. The second-order valence-electron chi connectivity index (χ2n) is 4.49. The van der Waals surface area contributed by atoms with Gasteiger partial charge in [0.2, 0.25) is 5.91 Å².